The molecule has 23 heavy (non-hydrogen) atoms. The minimum absolute atomic E-state index is 0.0427. The van der Waals surface area contributed by atoms with Crippen LogP contribution in [0.25, 0.3) is 10.8 Å². The molecule has 0 aliphatic rings. The summed E-state index contributed by atoms with van der Waals surface area (Å²) in [5.41, 5.74) is -6.30. The van der Waals surface area contributed by atoms with Gasteiger partial charge in [0.25, 0.3) is 0 Å². The predicted octanol–water partition coefficient (Wildman–Crippen LogP) is 3.09. The highest BCUT2D eigenvalue weighted by molar-refractivity contribution is 7.88. The normalized spacial score (nSPS) is 12.0. The molecule has 0 aromatic heterocycles. The van der Waals surface area contributed by atoms with E-state index >= 15 is 0 Å². The number of hydrogen-bond donors (Lipinski definition) is 0. The summed E-state index contributed by atoms with van der Waals surface area (Å²) in [7, 11) is -4.84. The average molecular weight is 349 g/mol. The first kappa shape index (κ1) is 16.8. The van der Waals surface area contributed by atoms with Crippen molar-refractivity contribution in [1.29, 1.82) is 5.26 Å². The van der Waals surface area contributed by atoms with E-state index in [0.717, 1.165) is 12.1 Å². The van der Waals surface area contributed by atoms with E-state index in [9.17, 15) is 26.0 Å². The monoisotopic (exact) mass is 349 g/mol. The molecule has 0 heterocycles. The molecule has 0 fully saturated rings. The molecule has 0 unspecified atom stereocenters. The Labute approximate surface area is 127 Å². The molecule has 2 rings (SSSR count). The fourth-order valence-electron chi connectivity index (χ4n) is 1.86. The zero-order chi connectivity index (χ0) is 17.4. The lowest BCUT2D eigenvalue weighted by molar-refractivity contribution is -0.0499. The van der Waals surface area contributed by atoms with Crippen LogP contribution in [0.4, 0.5) is 17.6 Å². The number of halogens is 4. The van der Waals surface area contributed by atoms with Crippen LogP contribution in [0.1, 0.15) is 5.56 Å². The molecule has 0 aliphatic heterocycles. The third kappa shape index (κ3) is 2.87. The van der Waals surface area contributed by atoms with Crippen molar-refractivity contribution in [2.24, 2.45) is 0 Å². The number of nitrogens with zero attached hydrogens (tertiary/aromatic N) is 1. The maximum absolute atomic E-state index is 14.0. The Hall–Kier alpha value is -2.54. The van der Waals surface area contributed by atoms with Gasteiger partial charge in [-0.15, -0.1) is 0 Å². The molecule has 0 N–H and O–H groups in total. The molecule has 122 valence electrons. The Bertz CT molecular complexity index is 916. The summed E-state index contributed by atoms with van der Waals surface area (Å²) in [5, 5.41) is 8.29. The highest BCUT2D eigenvalue weighted by Crippen LogP contribution is 2.39. The van der Waals surface area contributed by atoms with Crippen molar-refractivity contribution in [3.05, 3.63) is 35.6 Å². The third-order valence-corrected chi connectivity index (χ3v) is 3.81. The van der Waals surface area contributed by atoms with Crippen molar-refractivity contribution >= 4 is 20.9 Å². The third-order valence-electron chi connectivity index (χ3n) is 2.86. The molecule has 0 bridgehead atoms. The summed E-state index contributed by atoms with van der Waals surface area (Å²) >= 11 is 0. The number of hydrogen-bond acceptors (Lipinski definition) is 5. The minimum Gasteiger partial charge on any atom is -0.496 e. The highest BCUT2D eigenvalue weighted by Gasteiger charge is 2.49. The number of alkyl halides is 3. The van der Waals surface area contributed by atoms with Crippen molar-refractivity contribution < 1.29 is 34.9 Å². The van der Waals surface area contributed by atoms with Crippen LogP contribution in [0, 0.1) is 17.1 Å². The Morgan fingerprint density at radius 1 is 1.17 bits per heavy atom. The van der Waals surface area contributed by atoms with Gasteiger partial charge in [-0.2, -0.15) is 26.9 Å². The zero-order valence-electron chi connectivity index (χ0n) is 11.3. The van der Waals surface area contributed by atoms with Crippen LogP contribution in [0.5, 0.6) is 11.5 Å². The number of benzene rings is 2. The first-order valence-electron chi connectivity index (χ1n) is 5.82. The van der Waals surface area contributed by atoms with Gasteiger partial charge in [-0.05, 0) is 24.3 Å². The first-order valence-corrected chi connectivity index (χ1v) is 7.23. The molecule has 10 heteroatoms. The summed E-state index contributed by atoms with van der Waals surface area (Å²) in [6, 6.07) is 5.74. The van der Waals surface area contributed by atoms with E-state index in [1.54, 1.807) is 0 Å². The fraction of sp³-hybridized carbons (Fsp3) is 0.154. The van der Waals surface area contributed by atoms with Gasteiger partial charge in [0.2, 0.25) is 0 Å². The van der Waals surface area contributed by atoms with Gasteiger partial charge in [-0.1, -0.05) is 0 Å². The van der Waals surface area contributed by atoms with Gasteiger partial charge in [-0.25, -0.2) is 4.39 Å². The second-order valence-corrected chi connectivity index (χ2v) is 5.75. The lowest BCUT2D eigenvalue weighted by atomic mass is 10.0. The van der Waals surface area contributed by atoms with E-state index in [0.29, 0.717) is 0 Å². The van der Waals surface area contributed by atoms with Crippen LogP contribution in [-0.4, -0.2) is 21.0 Å². The van der Waals surface area contributed by atoms with Crippen LogP contribution in [0.2, 0.25) is 0 Å². The molecule has 0 atom stereocenters. The molecule has 0 aliphatic carbocycles. The summed E-state index contributed by atoms with van der Waals surface area (Å²) in [5.74, 6) is -2.04. The van der Waals surface area contributed by atoms with Gasteiger partial charge in [0, 0.05) is 5.39 Å². The van der Waals surface area contributed by atoms with E-state index in [-0.39, 0.29) is 11.1 Å². The second-order valence-electron chi connectivity index (χ2n) is 4.21. The fourth-order valence-corrected chi connectivity index (χ4v) is 2.34. The molecule has 0 radical (unpaired) electrons. The number of ether oxygens (including phenoxy) is 1. The van der Waals surface area contributed by atoms with E-state index in [1.807, 2.05) is 0 Å². The summed E-state index contributed by atoms with van der Waals surface area (Å²) in [6.07, 6.45) is 0. The first-order chi connectivity index (χ1) is 10.6. The lowest BCUT2D eigenvalue weighted by Gasteiger charge is -2.14. The molecule has 0 spiro atoms. The van der Waals surface area contributed by atoms with Crippen LogP contribution < -0.4 is 8.92 Å². The molecule has 2 aromatic carbocycles. The molecular weight excluding hydrogens is 342 g/mol. The molecular formula is C13H7F4NO4S. The van der Waals surface area contributed by atoms with Gasteiger partial charge in [0.1, 0.15) is 17.6 Å². The van der Waals surface area contributed by atoms with Crippen LogP contribution in [0.15, 0.2) is 24.3 Å². The molecule has 2 aromatic rings. The molecule has 0 saturated carbocycles. The number of rotatable bonds is 3. The Kier molecular flexibility index (Phi) is 4.08. The molecule has 0 amide bonds. The number of nitriles is 1. The lowest BCUT2D eigenvalue weighted by Crippen LogP contribution is -2.28. The van der Waals surface area contributed by atoms with Gasteiger partial charge >= 0.3 is 15.6 Å². The average Bonchev–Trinajstić information content (AvgIpc) is 2.46. The summed E-state index contributed by atoms with van der Waals surface area (Å²) in [6.45, 7) is 0. The van der Waals surface area contributed by atoms with Gasteiger partial charge in [0.15, 0.2) is 5.75 Å². The minimum atomic E-state index is -6.07. The van der Waals surface area contributed by atoms with Crippen molar-refractivity contribution in [2.75, 3.05) is 7.11 Å². The van der Waals surface area contributed by atoms with E-state index in [1.165, 1.54) is 25.3 Å². The van der Waals surface area contributed by atoms with Crippen molar-refractivity contribution in [2.45, 2.75) is 5.51 Å². The smallest absolute Gasteiger partial charge is 0.496 e. The van der Waals surface area contributed by atoms with E-state index in [2.05, 4.69) is 4.18 Å². The van der Waals surface area contributed by atoms with Crippen molar-refractivity contribution in [3.8, 4) is 17.6 Å². The summed E-state index contributed by atoms with van der Waals surface area (Å²) < 4.78 is 82.8. The van der Waals surface area contributed by atoms with E-state index < -0.39 is 38.1 Å². The van der Waals surface area contributed by atoms with E-state index in [4.69, 9.17) is 10.00 Å². The van der Waals surface area contributed by atoms with Crippen molar-refractivity contribution in [3.63, 3.8) is 0 Å². The standard InChI is InChI=1S/C13H7F4NO4S/c1-21-10-5-4-9(14)11-8(10)3-2-7(6-18)12(11)22-23(19,20)13(15,16)17/h2-5H,1H3. The Balaban J connectivity index is 2.84. The molecule has 0 saturated heterocycles. The van der Waals surface area contributed by atoms with Crippen LogP contribution in [-0.2, 0) is 10.1 Å². The predicted molar refractivity (Wildman–Crippen MR) is 70.8 cm³/mol. The van der Waals surface area contributed by atoms with Crippen molar-refractivity contribution in [1.82, 2.24) is 0 Å². The molecule has 5 nitrogen and oxygen atoms in total. The maximum atomic E-state index is 14.0. The van der Waals surface area contributed by atoms with Gasteiger partial charge in [-0.3, -0.25) is 0 Å². The van der Waals surface area contributed by atoms with Crippen LogP contribution >= 0.6 is 0 Å². The number of methoxy groups -OCH3 is 1. The Morgan fingerprint density at radius 3 is 2.35 bits per heavy atom. The van der Waals surface area contributed by atoms with Gasteiger partial charge in [0.05, 0.1) is 18.1 Å². The SMILES string of the molecule is COc1ccc(F)c2c(OS(=O)(=O)C(F)(F)F)c(C#N)ccc12. The van der Waals surface area contributed by atoms with Gasteiger partial charge < -0.3 is 8.92 Å². The highest BCUT2D eigenvalue weighted by atomic mass is 32.2. The topological polar surface area (TPSA) is 76.4 Å². The zero-order valence-corrected chi connectivity index (χ0v) is 12.1. The number of fused-ring (bicyclic) bond motifs is 1. The van der Waals surface area contributed by atoms with Crippen LogP contribution in [0.3, 0.4) is 0 Å². The second kappa shape index (κ2) is 5.58. The maximum Gasteiger partial charge on any atom is 0.534 e. The quantitative estimate of drug-likeness (QED) is 0.483. The largest absolute Gasteiger partial charge is 0.534 e. The Morgan fingerprint density at radius 2 is 1.83 bits per heavy atom. The summed E-state index contributed by atoms with van der Waals surface area (Å²) in [4.78, 5) is 0.